The van der Waals surface area contributed by atoms with Crippen molar-refractivity contribution in [1.29, 1.82) is 0 Å². The van der Waals surface area contributed by atoms with Crippen molar-refractivity contribution < 1.29 is 9.53 Å². The van der Waals surface area contributed by atoms with Crippen molar-refractivity contribution in [2.75, 3.05) is 7.11 Å². The minimum atomic E-state index is -0.474. The SMILES string of the molecule is COC(=O)Cc1nc(C)c(Cc2ccccc2)[nH]c1=O. The number of carbonyl (C=O) groups is 1. The first-order chi connectivity index (χ1) is 9.60. The highest BCUT2D eigenvalue weighted by Gasteiger charge is 2.12. The van der Waals surface area contributed by atoms with E-state index in [0.717, 1.165) is 11.3 Å². The van der Waals surface area contributed by atoms with Gasteiger partial charge in [0.25, 0.3) is 5.56 Å². The van der Waals surface area contributed by atoms with E-state index in [0.29, 0.717) is 12.1 Å². The third-order valence-corrected chi connectivity index (χ3v) is 3.03. The molecule has 0 aliphatic heterocycles. The van der Waals surface area contributed by atoms with Gasteiger partial charge in [-0.1, -0.05) is 30.3 Å². The highest BCUT2D eigenvalue weighted by Crippen LogP contribution is 2.09. The number of nitrogens with zero attached hydrogens (tertiary/aromatic N) is 1. The molecule has 1 heterocycles. The molecular formula is C15H16N2O3. The standard InChI is InChI=1S/C15H16N2O3/c1-10-12(8-11-6-4-3-5-7-11)17-15(19)13(16-10)9-14(18)20-2/h3-7H,8-9H2,1-2H3,(H,17,19). The smallest absolute Gasteiger partial charge is 0.311 e. The van der Waals surface area contributed by atoms with Crippen molar-refractivity contribution in [1.82, 2.24) is 9.97 Å². The van der Waals surface area contributed by atoms with Gasteiger partial charge in [0, 0.05) is 12.1 Å². The van der Waals surface area contributed by atoms with E-state index >= 15 is 0 Å². The summed E-state index contributed by atoms with van der Waals surface area (Å²) >= 11 is 0. The molecule has 0 atom stereocenters. The van der Waals surface area contributed by atoms with E-state index in [1.54, 1.807) is 0 Å². The summed E-state index contributed by atoms with van der Waals surface area (Å²) in [5.41, 5.74) is 2.41. The van der Waals surface area contributed by atoms with Gasteiger partial charge in [-0.3, -0.25) is 9.59 Å². The minimum Gasteiger partial charge on any atom is -0.469 e. The Hall–Kier alpha value is -2.43. The lowest BCUT2D eigenvalue weighted by atomic mass is 10.1. The summed E-state index contributed by atoms with van der Waals surface area (Å²) in [6, 6.07) is 9.81. The molecule has 0 amide bonds. The second kappa shape index (κ2) is 6.14. The molecular weight excluding hydrogens is 256 g/mol. The molecule has 0 aliphatic carbocycles. The molecule has 2 rings (SSSR count). The lowest BCUT2D eigenvalue weighted by Gasteiger charge is -2.07. The fraction of sp³-hybridized carbons (Fsp3) is 0.267. The Labute approximate surface area is 116 Å². The van der Waals surface area contributed by atoms with Crippen molar-refractivity contribution in [3.8, 4) is 0 Å². The third kappa shape index (κ3) is 3.32. The number of aryl methyl sites for hydroxylation is 1. The lowest BCUT2D eigenvalue weighted by Crippen LogP contribution is -2.22. The van der Waals surface area contributed by atoms with Gasteiger partial charge in [-0.15, -0.1) is 0 Å². The van der Waals surface area contributed by atoms with Crippen LogP contribution in [0.3, 0.4) is 0 Å². The van der Waals surface area contributed by atoms with E-state index in [1.807, 2.05) is 37.3 Å². The number of aromatic nitrogens is 2. The fourth-order valence-corrected chi connectivity index (χ4v) is 1.92. The van der Waals surface area contributed by atoms with Crippen LogP contribution in [0.25, 0.3) is 0 Å². The van der Waals surface area contributed by atoms with Crippen LogP contribution in [0.4, 0.5) is 0 Å². The van der Waals surface area contributed by atoms with Gasteiger partial charge in [0.05, 0.1) is 19.2 Å². The predicted molar refractivity (Wildman–Crippen MR) is 74.6 cm³/mol. The molecule has 0 fully saturated rings. The average Bonchev–Trinajstić information content (AvgIpc) is 2.45. The number of hydrogen-bond donors (Lipinski definition) is 1. The maximum absolute atomic E-state index is 11.9. The normalized spacial score (nSPS) is 10.3. The second-order valence-electron chi connectivity index (χ2n) is 4.49. The van der Waals surface area contributed by atoms with Crippen LogP contribution in [0.1, 0.15) is 22.6 Å². The number of benzene rings is 1. The summed E-state index contributed by atoms with van der Waals surface area (Å²) in [6.07, 6.45) is 0.492. The Morgan fingerprint density at radius 3 is 2.65 bits per heavy atom. The van der Waals surface area contributed by atoms with Gasteiger partial charge in [0.2, 0.25) is 0 Å². The molecule has 0 saturated carbocycles. The van der Waals surface area contributed by atoms with Gasteiger partial charge in [-0.2, -0.15) is 0 Å². The summed E-state index contributed by atoms with van der Waals surface area (Å²) in [5, 5.41) is 0. The van der Waals surface area contributed by atoms with E-state index in [9.17, 15) is 9.59 Å². The van der Waals surface area contributed by atoms with Crippen LogP contribution in [-0.4, -0.2) is 23.0 Å². The van der Waals surface area contributed by atoms with Gasteiger partial charge < -0.3 is 9.72 Å². The van der Waals surface area contributed by atoms with Gasteiger partial charge >= 0.3 is 5.97 Å². The highest BCUT2D eigenvalue weighted by molar-refractivity contribution is 5.71. The van der Waals surface area contributed by atoms with E-state index in [4.69, 9.17) is 0 Å². The summed E-state index contributed by atoms with van der Waals surface area (Å²) in [7, 11) is 1.28. The Bertz CT molecular complexity index is 663. The zero-order valence-electron chi connectivity index (χ0n) is 11.5. The van der Waals surface area contributed by atoms with Gasteiger partial charge in [0.15, 0.2) is 0 Å². The van der Waals surface area contributed by atoms with Crippen molar-refractivity contribution in [2.24, 2.45) is 0 Å². The molecule has 1 N–H and O–H groups in total. The molecule has 0 spiro atoms. The number of H-pyrrole nitrogens is 1. The second-order valence-corrected chi connectivity index (χ2v) is 4.49. The minimum absolute atomic E-state index is 0.113. The van der Waals surface area contributed by atoms with Gasteiger partial charge in [0.1, 0.15) is 5.69 Å². The number of aromatic amines is 1. The van der Waals surface area contributed by atoms with Gasteiger partial charge in [-0.25, -0.2) is 4.98 Å². The predicted octanol–water partition coefficient (Wildman–Crippen LogP) is 1.38. The Kier molecular flexibility index (Phi) is 4.30. The van der Waals surface area contributed by atoms with Crippen LogP contribution in [-0.2, 0) is 22.4 Å². The third-order valence-electron chi connectivity index (χ3n) is 3.03. The zero-order chi connectivity index (χ0) is 14.5. The Morgan fingerprint density at radius 2 is 2.00 bits per heavy atom. The summed E-state index contributed by atoms with van der Waals surface area (Å²) in [6.45, 7) is 1.81. The van der Waals surface area contributed by atoms with Crippen molar-refractivity contribution >= 4 is 5.97 Å². The lowest BCUT2D eigenvalue weighted by molar-refractivity contribution is -0.139. The monoisotopic (exact) mass is 272 g/mol. The number of methoxy groups -OCH3 is 1. The molecule has 0 bridgehead atoms. The van der Waals surface area contributed by atoms with Crippen molar-refractivity contribution in [2.45, 2.75) is 19.8 Å². The number of ether oxygens (including phenoxy) is 1. The number of hydrogen-bond acceptors (Lipinski definition) is 4. The number of rotatable bonds is 4. The molecule has 1 aromatic carbocycles. The molecule has 20 heavy (non-hydrogen) atoms. The summed E-state index contributed by atoms with van der Waals surface area (Å²) < 4.78 is 4.54. The first-order valence-corrected chi connectivity index (χ1v) is 6.29. The maximum Gasteiger partial charge on any atom is 0.311 e. The molecule has 0 aliphatic rings. The first kappa shape index (κ1) is 14.0. The van der Waals surface area contributed by atoms with E-state index < -0.39 is 5.97 Å². The summed E-state index contributed by atoms with van der Waals surface area (Å²) in [5.74, 6) is -0.474. The molecule has 0 radical (unpaired) electrons. The van der Waals surface area contributed by atoms with E-state index in [1.165, 1.54) is 7.11 Å². The number of carbonyl (C=O) groups excluding carboxylic acids is 1. The molecule has 5 heteroatoms. The first-order valence-electron chi connectivity index (χ1n) is 6.29. The number of nitrogens with one attached hydrogen (secondary N) is 1. The quantitative estimate of drug-likeness (QED) is 0.854. The average molecular weight is 272 g/mol. The molecule has 1 aromatic heterocycles. The number of esters is 1. The van der Waals surface area contributed by atoms with Crippen LogP contribution < -0.4 is 5.56 Å². The van der Waals surface area contributed by atoms with E-state index in [-0.39, 0.29) is 17.7 Å². The molecule has 0 saturated heterocycles. The molecule has 5 nitrogen and oxygen atoms in total. The van der Waals surface area contributed by atoms with Crippen LogP contribution in [0.2, 0.25) is 0 Å². The van der Waals surface area contributed by atoms with Crippen molar-refractivity contribution in [3.05, 3.63) is 63.3 Å². The Balaban J connectivity index is 2.27. The van der Waals surface area contributed by atoms with Crippen LogP contribution in [0.15, 0.2) is 35.1 Å². The van der Waals surface area contributed by atoms with Crippen LogP contribution >= 0.6 is 0 Å². The van der Waals surface area contributed by atoms with Gasteiger partial charge in [-0.05, 0) is 12.5 Å². The van der Waals surface area contributed by atoms with Crippen LogP contribution in [0.5, 0.6) is 0 Å². The maximum atomic E-state index is 11.9. The Morgan fingerprint density at radius 1 is 1.30 bits per heavy atom. The molecule has 0 unspecified atom stereocenters. The topological polar surface area (TPSA) is 72.0 Å². The molecule has 104 valence electrons. The summed E-state index contributed by atoms with van der Waals surface area (Å²) in [4.78, 5) is 30.1. The fourth-order valence-electron chi connectivity index (χ4n) is 1.92. The van der Waals surface area contributed by atoms with Crippen molar-refractivity contribution in [3.63, 3.8) is 0 Å². The largest absolute Gasteiger partial charge is 0.469 e. The molecule has 2 aromatic rings. The van der Waals surface area contributed by atoms with E-state index in [2.05, 4.69) is 14.7 Å². The highest BCUT2D eigenvalue weighted by atomic mass is 16.5. The van der Waals surface area contributed by atoms with Crippen LogP contribution in [0, 0.1) is 6.92 Å². The zero-order valence-corrected chi connectivity index (χ0v) is 11.5.